The molecule has 280 valence electrons. The lowest BCUT2D eigenvalue weighted by atomic mass is 10.0. The van der Waals surface area contributed by atoms with Crippen LogP contribution in [0.3, 0.4) is 0 Å². The lowest BCUT2D eigenvalue weighted by Gasteiger charge is -2.30. The molecule has 0 spiro atoms. The van der Waals surface area contributed by atoms with E-state index < -0.39 is 12.1 Å². The second-order valence-corrected chi connectivity index (χ2v) is 14.6. The highest BCUT2D eigenvalue weighted by Gasteiger charge is 2.37. The van der Waals surface area contributed by atoms with Crippen molar-refractivity contribution in [2.75, 3.05) is 40.0 Å². The molecule has 3 aliphatic heterocycles. The van der Waals surface area contributed by atoms with E-state index >= 15 is 0 Å². The maximum Gasteiger partial charge on any atom is 0.407 e. The number of amides is 3. The molecule has 3 saturated heterocycles. The van der Waals surface area contributed by atoms with Gasteiger partial charge in [-0.2, -0.15) is 0 Å². The number of methoxy groups -OCH3 is 1. The van der Waals surface area contributed by atoms with Gasteiger partial charge in [0.15, 0.2) is 0 Å². The number of nitrogens with one attached hydrogen (secondary N) is 4. The molecular weight excluding hydrogens is 672 g/mol. The zero-order valence-electron chi connectivity index (χ0n) is 30.8. The van der Waals surface area contributed by atoms with Crippen LogP contribution >= 0.6 is 0 Å². The highest BCUT2D eigenvalue weighted by Crippen LogP contribution is 2.34. The van der Waals surface area contributed by atoms with E-state index in [2.05, 4.69) is 74.1 Å². The molecule has 7 rings (SSSR count). The third kappa shape index (κ3) is 8.16. The van der Waals surface area contributed by atoms with E-state index in [1.165, 1.54) is 7.11 Å². The number of nitrogens with zero attached hydrogens (tertiary/aromatic N) is 4. The van der Waals surface area contributed by atoms with Gasteiger partial charge in [0.05, 0.1) is 49.5 Å². The molecular formula is C40H50N8O5. The molecule has 0 saturated carbocycles. The summed E-state index contributed by atoms with van der Waals surface area (Å²) in [4.78, 5) is 58.7. The van der Waals surface area contributed by atoms with Crippen molar-refractivity contribution in [3.05, 3.63) is 72.6 Å². The van der Waals surface area contributed by atoms with Crippen molar-refractivity contribution in [2.45, 2.75) is 76.5 Å². The van der Waals surface area contributed by atoms with Crippen LogP contribution in [0.25, 0.3) is 33.6 Å². The zero-order chi connectivity index (χ0) is 36.9. The highest BCUT2D eigenvalue weighted by molar-refractivity contribution is 5.86. The fourth-order valence-electron chi connectivity index (χ4n) is 7.77. The Morgan fingerprint density at radius 2 is 1.30 bits per heavy atom. The first kappa shape index (κ1) is 36.4. The summed E-state index contributed by atoms with van der Waals surface area (Å²) >= 11 is 0. The number of hydrogen-bond acceptors (Lipinski definition) is 8. The number of aromatic nitrogens is 4. The van der Waals surface area contributed by atoms with Gasteiger partial charge in [-0.3, -0.25) is 9.59 Å². The number of carbonyl (C=O) groups is 3. The van der Waals surface area contributed by atoms with E-state index in [9.17, 15) is 14.4 Å². The molecule has 0 bridgehead atoms. The number of imidazole rings is 2. The second-order valence-electron chi connectivity index (χ2n) is 14.6. The summed E-state index contributed by atoms with van der Waals surface area (Å²) in [5.74, 6) is 1.48. The first-order chi connectivity index (χ1) is 25.8. The third-order valence-electron chi connectivity index (χ3n) is 10.8. The van der Waals surface area contributed by atoms with Crippen LogP contribution in [0.15, 0.2) is 60.9 Å². The summed E-state index contributed by atoms with van der Waals surface area (Å²) in [5.41, 5.74) is 6.02. The summed E-state index contributed by atoms with van der Waals surface area (Å²) in [6.45, 7) is 7.02. The van der Waals surface area contributed by atoms with Crippen molar-refractivity contribution in [3.63, 3.8) is 0 Å². The van der Waals surface area contributed by atoms with Gasteiger partial charge in [0.1, 0.15) is 17.7 Å². The lowest BCUT2D eigenvalue weighted by molar-refractivity contribution is -0.135. The number of carbonyl (C=O) groups excluding carboxylic acids is 3. The summed E-state index contributed by atoms with van der Waals surface area (Å²) in [6, 6.07) is 16.2. The molecule has 3 amide bonds. The Hall–Kier alpha value is -5.01. The van der Waals surface area contributed by atoms with Crippen LogP contribution in [0.1, 0.15) is 76.1 Å². The molecule has 3 fully saturated rings. The van der Waals surface area contributed by atoms with Crippen molar-refractivity contribution in [2.24, 2.45) is 5.92 Å². The Labute approximate surface area is 310 Å². The Balaban J connectivity index is 0.972. The van der Waals surface area contributed by atoms with Crippen LogP contribution in [-0.2, 0) is 19.1 Å². The Kier molecular flexibility index (Phi) is 11.2. The molecule has 4 N–H and O–H groups in total. The van der Waals surface area contributed by atoms with E-state index in [1.807, 2.05) is 36.0 Å². The lowest BCUT2D eigenvalue weighted by Crippen LogP contribution is -2.51. The molecule has 2 aromatic heterocycles. The minimum atomic E-state index is -0.675. The third-order valence-corrected chi connectivity index (χ3v) is 10.8. The second kappa shape index (κ2) is 16.3. The van der Waals surface area contributed by atoms with Gasteiger partial charge in [0.2, 0.25) is 11.8 Å². The number of rotatable bonds is 11. The molecule has 0 unspecified atom stereocenters. The summed E-state index contributed by atoms with van der Waals surface area (Å²) in [7, 11) is 1.30. The standard InChI is InChI=1S/C40H50N8O5/c1-25(2)36(46-40(51)52-3)39(50)48-19-5-7-34(48)38-43-23-32(45-38)29-14-10-27(11-15-29)26-8-12-28(13-9-26)31-22-42-37(44-31)33-6-4-18-47(33)35(49)24-41-30-16-20-53-21-17-30/h8-15,22-23,25,30,33-34,36,41H,4-7,16-21,24H2,1-3H3,(H,42,44)(H,43,45)(H,46,51)/t33-,34-,36-/m0/s1. The van der Waals surface area contributed by atoms with Crippen molar-refractivity contribution in [1.29, 1.82) is 0 Å². The van der Waals surface area contributed by atoms with Crippen LogP contribution in [-0.4, -0.2) is 99.7 Å². The number of H-pyrrole nitrogens is 2. The minimum absolute atomic E-state index is 0.0383. The topological polar surface area (TPSA) is 158 Å². The van der Waals surface area contributed by atoms with Gasteiger partial charge in [-0.15, -0.1) is 0 Å². The van der Waals surface area contributed by atoms with Gasteiger partial charge >= 0.3 is 6.09 Å². The SMILES string of the molecule is COC(=O)N[C@H](C(=O)N1CCC[C@H]1c1ncc(-c2ccc(-c3ccc(-c4cnc([C@@H]5CCCN5C(=O)CNC5CCOCC5)[nH]4)cc3)cc2)[nH]1)C(C)C. The molecule has 53 heavy (non-hydrogen) atoms. The predicted octanol–water partition coefficient (Wildman–Crippen LogP) is 5.61. The smallest absolute Gasteiger partial charge is 0.407 e. The Morgan fingerprint density at radius 3 is 1.83 bits per heavy atom. The van der Waals surface area contributed by atoms with Gasteiger partial charge in [0.25, 0.3) is 0 Å². The van der Waals surface area contributed by atoms with Crippen LogP contribution in [0.2, 0.25) is 0 Å². The normalized spacial score (nSPS) is 19.8. The first-order valence-corrected chi connectivity index (χ1v) is 18.9. The van der Waals surface area contributed by atoms with Crippen molar-refractivity contribution < 1.29 is 23.9 Å². The van der Waals surface area contributed by atoms with Crippen molar-refractivity contribution >= 4 is 17.9 Å². The Morgan fingerprint density at radius 1 is 0.792 bits per heavy atom. The maximum atomic E-state index is 13.5. The van der Waals surface area contributed by atoms with Crippen LogP contribution in [0.4, 0.5) is 4.79 Å². The number of aromatic amines is 2. The van der Waals surface area contributed by atoms with Gasteiger partial charge in [-0.1, -0.05) is 62.4 Å². The molecule has 13 nitrogen and oxygen atoms in total. The number of hydrogen-bond donors (Lipinski definition) is 4. The maximum absolute atomic E-state index is 13.5. The average Bonchev–Trinajstić information content (AvgIpc) is 4.03. The zero-order valence-corrected chi connectivity index (χ0v) is 30.8. The summed E-state index contributed by atoms with van der Waals surface area (Å²) in [6.07, 6.45) is 8.48. The van der Waals surface area contributed by atoms with Gasteiger partial charge in [0, 0.05) is 32.3 Å². The van der Waals surface area contributed by atoms with Crippen molar-refractivity contribution in [1.82, 2.24) is 40.4 Å². The van der Waals surface area contributed by atoms with E-state index in [1.54, 1.807) is 0 Å². The van der Waals surface area contributed by atoms with Crippen LogP contribution in [0.5, 0.6) is 0 Å². The quantitative estimate of drug-likeness (QED) is 0.156. The fourth-order valence-corrected chi connectivity index (χ4v) is 7.77. The van der Waals surface area contributed by atoms with Crippen molar-refractivity contribution in [3.8, 4) is 33.6 Å². The van der Waals surface area contributed by atoms with E-state index in [0.717, 1.165) is 104 Å². The monoisotopic (exact) mass is 722 g/mol. The van der Waals surface area contributed by atoms with Crippen LogP contribution in [0, 0.1) is 5.92 Å². The number of benzene rings is 2. The molecule has 0 radical (unpaired) electrons. The highest BCUT2D eigenvalue weighted by atomic mass is 16.5. The average molecular weight is 723 g/mol. The molecule has 13 heteroatoms. The molecule has 2 aromatic carbocycles. The molecule has 4 aromatic rings. The predicted molar refractivity (Wildman–Crippen MR) is 200 cm³/mol. The number of ether oxygens (including phenoxy) is 2. The van der Waals surface area contributed by atoms with E-state index in [0.29, 0.717) is 19.1 Å². The molecule has 3 atom stereocenters. The molecule has 5 heterocycles. The van der Waals surface area contributed by atoms with Gasteiger partial charge in [-0.25, -0.2) is 14.8 Å². The minimum Gasteiger partial charge on any atom is -0.453 e. The van der Waals surface area contributed by atoms with Gasteiger partial charge in [-0.05, 0) is 66.7 Å². The van der Waals surface area contributed by atoms with Crippen LogP contribution < -0.4 is 10.6 Å². The number of likely N-dealkylation sites (tertiary alicyclic amines) is 2. The first-order valence-electron chi connectivity index (χ1n) is 18.9. The summed E-state index contributed by atoms with van der Waals surface area (Å²) < 4.78 is 10.2. The van der Waals surface area contributed by atoms with E-state index in [-0.39, 0.29) is 29.8 Å². The summed E-state index contributed by atoms with van der Waals surface area (Å²) in [5, 5.41) is 6.13. The Bertz CT molecular complexity index is 1860. The largest absolute Gasteiger partial charge is 0.453 e. The molecule has 3 aliphatic rings. The fraction of sp³-hybridized carbons (Fsp3) is 0.475. The molecule has 0 aliphatic carbocycles. The van der Waals surface area contributed by atoms with Gasteiger partial charge < -0.3 is 39.9 Å². The van der Waals surface area contributed by atoms with E-state index in [4.69, 9.17) is 14.5 Å². The number of alkyl carbamates (subject to hydrolysis) is 1.